The third kappa shape index (κ3) is 28.2. The molecular weight excluding hydrogens is 1110 g/mol. The van der Waals surface area contributed by atoms with Gasteiger partial charge in [0.15, 0.2) is 23.1 Å². The zero-order valence-electron chi connectivity index (χ0n) is 51.8. The van der Waals surface area contributed by atoms with Crippen molar-refractivity contribution in [2.24, 2.45) is 52.5 Å². The summed E-state index contributed by atoms with van der Waals surface area (Å²) >= 11 is 0. The van der Waals surface area contributed by atoms with Crippen LogP contribution in [0.25, 0.3) is 0 Å². The van der Waals surface area contributed by atoms with Crippen molar-refractivity contribution in [2.75, 3.05) is 46.3 Å². The molecule has 1 heterocycles. The number of nitrogens with two attached hydrogens (primary N) is 4. The van der Waals surface area contributed by atoms with Gasteiger partial charge in [-0.1, -0.05) is 83.2 Å². The molecule has 12 atom stereocenters. The lowest BCUT2D eigenvalue weighted by atomic mass is 9.88. The van der Waals surface area contributed by atoms with Gasteiger partial charge in [-0.15, -0.1) is 0 Å². The van der Waals surface area contributed by atoms with Crippen molar-refractivity contribution < 1.29 is 63.0 Å². The molecule has 486 valence electrons. The van der Waals surface area contributed by atoms with Crippen molar-refractivity contribution in [3.8, 4) is 0 Å². The fourth-order valence-corrected chi connectivity index (χ4v) is 10.4. The number of rotatable bonds is 33. The van der Waals surface area contributed by atoms with Gasteiger partial charge in [0.2, 0.25) is 41.4 Å². The van der Waals surface area contributed by atoms with Crippen molar-refractivity contribution in [1.82, 2.24) is 42.5 Å². The molecule has 0 saturated carbocycles. The van der Waals surface area contributed by atoms with Crippen LogP contribution in [0.3, 0.4) is 0 Å². The fraction of sp³-hybridized carbons (Fsp3) is 0.721. The van der Waals surface area contributed by atoms with E-state index in [2.05, 4.69) is 49.5 Å². The van der Waals surface area contributed by atoms with Crippen molar-refractivity contribution in [3.63, 3.8) is 0 Å². The summed E-state index contributed by atoms with van der Waals surface area (Å²) in [6.45, 7) is 7.97. The molecule has 1 aliphatic rings. The number of carbonyl (C=O) groups is 11. The minimum absolute atomic E-state index is 0.0186. The van der Waals surface area contributed by atoms with Crippen molar-refractivity contribution >= 4 is 64.5 Å². The standard InChI is InChI=1S/C61H104N12O13/c1-7-8-9-10-11-15-18-55(80)68-45(19-25-62)53(78)36-44(39(5)75)59(84)70-48(24-29-66-6)51(76)33-41-23-30-67-58(83)43(38(4)74)35-54(79)47(21-27-64)71-60(85)49(22-28-65)72-61(86)50(31-37(2)3)73-57(82)42(32-40-16-13-12-14-17-40)34-52(77)46(20-26-63)69-56(41)81/h12-14,16-17,37-39,41-50,66,74-75H,7-11,15,18-36,62-65H2,1-6H3,(H,67,83)(H,68,80)(H,69,81)(H,70,84)(H,71,85)(H,72,86)(H,73,82)/t38-,39-,41-,42+,43+,44+,45+,46+,47+,48+,49+,50+/m1/s1. The largest absolute Gasteiger partial charge is 0.393 e. The smallest absolute Gasteiger partial charge is 0.243 e. The van der Waals surface area contributed by atoms with E-state index in [0.717, 1.165) is 32.1 Å². The Kier molecular flexibility index (Phi) is 37.0. The predicted molar refractivity (Wildman–Crippen MR) is 326 cm³/mol. The first-order chi connectivity index (χ1) is 40.9. The zero-order chi connectivity index (χ0) is 64.3. The highest BCUT2D eigenvalue weighted by molar-refractivity contribution is 5.99. The highest BCUT2D eigenvalue weighted by Gasteiger charge is 2.38. The van der Waals surface area contributed by atoms with Gasteiger partial charge in [-0.3, -0.25) is 52.7 Å². The Labute approximate surface area is 508 Å². The van der Waals surface area contributed by atoms with Gasteiger partial charge in [0, 0.05) is 50.5 Å². The van der Waals surface area contributed by atoms with E-state index >= 15 is 0 Å². The number of aliphatic hydroxyl groups is 2. The normalized spacial score (nSPS) is 22.7. The third-order valence-electron chi connectivity index (χ3n) is 15.5. The van der Waals surface area contributed by atoms with E-state index in [1.165, 1.54) is 13.8 Å². The molecule has 86 heavy (non-hydrogen) atoms. The Bertz CT molecular complexity index is 2310. The van der Waals surface area contributed by atoms with E-state index in [1.807, 2.05) is 13.8 Å². The summed E-state index contributed by atoms with van der Waals surface area (Å²) in [5, 5.41) is 43.7. The van der Waals surface area contributed by atoms with Crippen molar-refractivity contribution in [2.45, 2.75) is 205 Å². The predicted octanol–water partition coefficient (Wildman–Crippen LogP) is -0.478. The Morgan fingerprint density at radius 2 is 1.17 bits per heavy atom. The number of nitrogens with one attached hydrogen (secondary N) is 8. The van der Waals surface area contributed by atoms with Crippen molar-refractivity contribution in [3.05, 3.63) is 35.9 Å². The highest BCUT2D eigenvalue weighted by Crippen LogP contribution is 2.21. The van der Waals surface area contributed by atoms with Crippen LogP contribution in [-0.4, -0.2) is 169 Å². The summed E-state index contributed by atoms with van der Waals surface area (Å²) in [6.07, 6.45) is 0.510. The van der Waals surface area contributed by atoms with E-state index < -0.39 is 156 Å². The molecule has 1 saturated heterocycles. The SMILES string of the molecule is CCCCCCCCC(=O)N[C@@H](CCN)C(=O)C[C@H](C(=O)N[C@@H](CCNC)C(=O)C[C@H]1CCNC(=O)[C@H]([C@@H](C)O)CC(=O)[C@H](CCN)NC(=O)[C@H](CCN)NC(=O)[C@H](CC(C)C)NC(=O)[C@@H](Cc2ccccc2)CC(=O)[C@H](CCN)NC1=O)[C@@H](C)O. The van der Waals surface area contributed by atoms with Gasteiger partial charge in [0.05, 0.1) is 48.2 Å². The second kappa shape index (κ2) is 41.9. The second-order valence-electron chi connectivity index (χ2n) is 23.3. The zero-order valence-corrected chi connectivity index (χ0v) is 51.8. The van der Waals surface area contributed by atoms with Gasteiger partial charge >= 0.3 is 0 Å². The van der Waals surface area contributed by atoms with Gasteiger partial charge in [0.25, 0.3) is 0 Å². The first-order valence-corrected chi connectivity index (χ1v) is 31.0. The van der Waals surface area contributed by atoms with E-state index in [9.17, 15) is 63.0 Å². The molecule has 7 amide bonds. The van der Waals surface area contributed by atoms with E-state index in [1.54, 1.807) is 37.4 Å². The number of benzene rings is 1. The first kappa shape index (κ1) is 76.0. The Hall–Kier alpha value is -6.09. The van der Waals surface area contributed by atoms with E-state index in [4.69, 9.17) is 22.9 Å². The number of hydrogen-bond acceptors (Lipinski definition) is 18. The monoisotopic (exact) mass is 1210 g/mol. The fourth-order valence-electron chi connectivity index (χ4n) is 10.4. The lowest BCUT2D eigenvalue weighted by molar-refractivity contribution is -0.137. The number of aliphatic hydroxyl groups excluding tert-OH is 2. The summed E-state index contributed by atoms with van der Waals surface area (Å²) in [5.74, 6) is -13.0. The van der Waals surface area contributed by atoms with E-state index in [-0.39, 0.29) is 109 Å². The lowest BCUT2D eigenvalue weighted by Crippen LogP contribution is -2.57. The summed E-state index contributed by atoms with van der Waals surface area (Å²) < 4.78 is 0. The maximum atomic E-state index is 14.7. The van der Waals surface area contributed by atoms with Crippen molar-refractivity contribution in [1.29, 1.82) is 0 Å². The molecule has 0 unspecified atom stereocenters. The molecule has 1 aliphatic heterocycles. The molecule has 0 aromatic heterocycles. The first-order valence-electron chi connectivity index (χ1n) is 31.0. The van der Waals surface area contributed by atoms with Crippen LogP contribution in [0.4, 0.5) is 0 Å². The summed E-state index contributed by atoms with van der Waals surface area (Å²) in [6, 6.07) is 1.32. The number of hydrogen-bond donors (Lipinski definition) is 14. The number of carbonyl (C=O) groups excluding carboxylic acids is 11. The molecule has 0 radical (unpaired) electrons. The Morgan fingerprint density at radius 1 is 0.628 bits per heavy atom. The van der Waals surface area contributed by atoms with Crippen LogP contribution in [0, 0.1) is 29.6 Å². The minimum Gasteiger partial charge on any atom is -0.393 e. The molecule has 0 spiro atoms. The summed E-state index contributed by atoms with van der Waals surface area (Å²) in [5.41, 5.74) is 24.3. The van der Waals surface area contributed by atoms with Crippen LogP contribution in [0.2, 0.25) is 0 Å². The molecule has 0 bridgehead atoms. The average Bonchev–Trinajstić information content (AvgIpc) is 3.33. The van der Waals surface area contributed by atoms with Gasteiger partial charge in [-0.25, -0.2) is 0 Å². The van der Waals surface area contributed by atoms with Gasteiger partial charge in [-0.2, -0.15) is 0 Å². The molecule has 25 nitrogen and oxygen atoms in total. The second-order valence-corrected chi connectivity index (χ2v) is 23.3. The van der Waals surface area contributed by atoms with Crippen LogP contribution in [0.1, 0.15) is 156 Å². The Balaban J connectivity index is 2.69. The molecule has 1 aromatic rings. The molecule has 1 aromatic carbocycles. The quantitative estimate of drug-likeness (QED) is 0.0395. The summed E-state index contributed by atoms with van der Waals surface area (Å²) in [7, 11) is 1.61. The Morgan fingerprint density at radius 3 is 1.76 bits per heavy atom. The average molecular weight is 1210 g/mol. The van der Waals surface area contributed by atoms with Crippen LogP contribution in [0.15, 0.2) is 30.3 Å². The molecular formula is C61H104N12O13. The highest BCUT2D eigenvalue weighted by atomic mass is 16.3. The van der Waals surface area contributed by atoms with Crippen LogP contribution < -0.4 is 65.5 Å². The number of ketones is 4. The van der Waals surface area contributed by atoms with E-state index in [0.29, 0.717) is 12.0 Å². The molecule has 25 heteroatoms. The van der Waals surface area contributed by atoms with Crippen LogP contribution in [-0.2, 0) is 59.2 Å². The molecule has 2 rings (SSSR count). The third-order valence-corrected chi connectivity index (χ3v) is 15.5. The van der Waals surface area contributed by atoms with Gasteiger partial charge in [-0.05, 0) is 123 Å². The molecule has 18 N–H and O–H groups in total. The number of amides is 7. The van der Waals surface area contributed by atoms with Crippen LogP contribution >= 0.6 is 0 Å². The number of Topliss-reactive ketones (excluding diaryl/α,β-unsaturated/α-hetero) is 4. The number of unbranched alkanes of at least 4 members (excludes halogenated alkanes) is 5. The maximum absolute atomic E-state index is 14.7. The molecule has 1 fully saturated rings. The van der Waals surface area contributed by atoms with Gasteiger partial charge in [0.1, 0.15) is 12.1 Å². The maximum Gasteiger partial charge on any atom is 0.243 e. The van der Waals surface area contributed by atoms with Gasteiger partial charge < -0.3 is 75.7 Å². The summed E-state index contributed by atoms with van der Waals surface area (Å²) in [4.78, 5) is 155. The topological polar surface area (TPSA) is 429 Å². The van der Waals surface area contributed by atoms with Crippen LogP contribution in [0.5, 0.6) is 0 Å². The lowest BCUT2D eigenvalue weighted by Gasteiger charge is -2.28. The minimum atomic E-state index is -1.42. The molecule has 0 aliphatic carbocycles.